The number of halogens is 2. The molecule has 0 radical (unpaired) electrons. The molecule has 0 unspecified atom stereocenters. The molecule has 0 atom stereocenters. The van der Waals surface area contributed by atoms with E-state index in [2.05, 4.69) is 5.32 Å². The van der Waals surface area contributed by atoms with Crippen molar-refractivity contribution < 1.29 is 13.6 Å². The fourth-order valence-corrected chi connectivity index (χ4v) is 2.32. The molecule has 1 aliphatic carbocycles. The smallest absolute Gasteiger partial charge is 0.176 e. The fraction of sp³-hybridized carbons (Fsp3) is 0.500. The predicted molar refractivity (Wildman–Crippen MR) is 65.6 cm³/mol. The van der Waals surface area contributed by atoms with Crippen LogP contribution in [0, 0.1) is 11.6 Å². The Morgan fingerprint density at radius 2 is 1.89 bits per heavy atom. The zero-order valence-electron chi connectivity index (χ0n) is 10.2. The van der Waals surface area contributed by atoms with E-state index in [9.17, 15) is 13.6 Å². The summed E-state index contributed by atoms with van der Waals surface area (Å²) in [5.41, 5.74) is 0.220. The van der Waals surface area contributed by atoms with Crippen molar-refractivity contribution in [1.82, 2.24) is 5.32 Å². The van der Waals surface area contributed by atoms with Crippen LogP contribution in [0.15, 0.2) is 18.2 Å². The Labute approximate surface area is 105 Å². The molecule has 18 heavy (non-hydrogen) atoms. The van der Waals surface area contributed by atoms with Crippen LogP contribution in [0.5, 0.6) is 0 Å². The molecule has 2 nitrogen and oxygen atoms in total. The number of hydrogen-bond acceptors (Lipinski definition) is 2. The lowest BCUT2D eigenvalue weighted by Gasteiger charge is -2.22. The van der Waals surface area contributed by atoms with E-state index in [0.717, 1.165) is 25.0 Å². The van der Waals surface area contributed by atoms with Crippen LogP contribution in [0.4, 0.5) is 8.78 Å². The van der Waals surface area contributed by atoms with Crippen molar-refractivity contribution in [1.29, 1.82) is 0 Å². The first-order valence-electron chi connectivity index (χ1n) is 6.38. The van der Waals surface area contributed by atoms with Crippen molar-refractivity contribution in [2.45, 2.75) is 38.1 Å². The molecular formula is C14H17F2NO. The first kappa shape index (κ1) is 13.1. The highest BCUT2D eigenvalue weighted by atomic mass is 19.2. The highest BCUT2D eigenvalue weighted by Crippen LogP contribution is 2.17. The number of hydrogen-bond donors (Lipinski definition) is 1. The second kappa shape index (κ2) is 6.05. The first-order valence-corrected chi connectivity index (χ1v) is 6.38. The zero-order valence-corrected chi connectivity index (χ0v) is 10.2. The SMILES string of the molecule is O=C(CNC1CCCCC1)c1ccc(F)c(F)c1. The number of nitrogens with one attached hydrogen (secondary N) is 1. The summed E-state index contributed by atoms with van der Waals surface area (Å²) in [5, 5.41) is 3.19. The topological polar surface area (TPSA) is 29.1 Å². The van der Waals surface area contributed by atoms with Gasteiger partial charge in [0, 0.05) is 11.6 Å². The van der Waals surface area contributed by atoms with Gasteiger partial charge in [-0.3, -0.25) is 4.79 Å². The molecule has 0 bridgehead atoms. The molecule has 4 heteroatoms. The van der Waals surface area contributed by atoms with E-state index < -0.39 is 11.6 Å². The maximum atomic E-state index is 13.0. The number of Topliss-reactive ketones (excluding diaryl/α,β-unsaturated/α-hetero) is 1. The number of rotatable bonds is 4. The van der Waals surface area contributed by atoms with Gasteiger partial charge in [-0.25, -0.2) is 8.78 Å². The highest BCUT2D eigenvalue weighted by Gasteiger charge is 2.15. The van der Waals surface area contributed by atoms with Gasteiger partial charge in [0.25, 0.3) is 0 Å². The molecule has 0 aliphatic heterocycles. The largest absolute Gasteiger partial charge is 0.307 e. The van der Waals surface area contributed by atoms with Gasteiger partial charge in [-0.2, -0.15) is 0 Å². The Hall–Kier alpha value is -1.29. The van der Waals surface area contributed by atoms with Gasteiger partial charge in [-0.1, -0.05) is 19.3 Å². The summed E-state index contributed by atoms with van der Waals surface area (Å²) >= 11 is 0. The molecule has 0 aromatic heterocycles. The Morgan fingerprint density at radius 3 is 2.56 bits per heavy atom. The molecule has 1 aromatic rings. The van der Waals surface area contributed by atoms with Crippen molar-refractivity contribution in [3.63, 3.8) is 0 Å². The normalized spacial score (nSPS) is 16.8. The minimum absolute atomic E-state index is 0.190. The van der Waals surface area contributed by atoms with Gasteiger partial charge in [0.1, 0.15) is 0 Å². The lowest BCUT2D eigenvalue weighted by atomic mass is 9.95. The quantitative estimate of drug-likeness (QED) is 0.835. The Kier molecular flexibility index (Phi) is 4.42. The van der Waals surface area contributed by atoms with E-state index in [1.165, 1.54) is 25.3 Å². The van der Waals surface area contributed by atoms with E-state index >= 15 is 0 Å². The van der Waals surface area contributed by atoms with Gasteiger partial charge < -0.3 is 5.32 Å². The van der Waals surface area contributed by atoms with Gasteiger partial charge in [0.05, 0.1) is 6.54 Å². The summed E-state index contributed by atoms with van der Waals surface area (Å²) in [6, 6.07) is 3.65. The average molecular weight is 253 g/mol. The minimum Gasteiger partial charge on any atom is -0.307 e. The second-order valence-electron chi connectivity index (χ2n) is 4.77. The average Bonchev–Trinajstić information content (AvgIpc) is 2.40. The van der Waals surface area contributed by atoms with Crippen molar-refractivity contribution in [3.8, 4) is 0 Å². The maximum absolute atomic E-state index is 13.0. The van der Waals surface area contributed by atoms with E-state index in [4.69, 9.17) is 0 Å². The number of carbonyl (C=O) groups is 1. The summed E-state index contributed by atoms with van der Waals surface area (Å²) in [4.78, 5) is 11.8. The molecule has 98 valence electrons. The van der Waals surface area contributed by atoms with E-state index in [1.807, 2.05) is 0 Å². The summed E-state index contributed by atoms with van der Waals surface area (Å²) in [6.45, 7) is 0.190. The maximum Gasteiger partial charge on any atom is 0.176 e. The highest BCUT2D eigenvalue weighted by molar-refractivity contribution is 5.97. The Balaban J connectivity index is 1.88. The molecule has 1 N–H and O–H groups in total. The van der Waals surface area contributed by atoms with Gasteiger partial charge >= 0.3 is 0 Å². The molecule has 1 saturated carbocycles. The molecule has 0 spiro atoms. The molecule has 1 aliphatic rings. The van der Waals surface area contributed by atoms with Crippen LogP contribution in [0.2, 0.25) is 0 Å². The van der Waals surface area contributed by atoms with Gasteiger partial charge in [0.15, 0.2) is 17.4 Å². The third-order valence-electron chi connectivity index (χ3n) is 3.40. The van der Waals surface area contributed by atoms with E-state index in [0.29, 0.717) is 6.04 Å². The van der Waals surface area contributed by atoms with Crippen LogP contribution < -0.4 is 5.32 Å². The number of carbonyl (C=O) groups excluding carboxylic acids is 1. The molecule has 0 saturated heterocycles. The predicted octanol–water partition coefficient (Wildman–Crippen LogP) is 3.07. The van der Waals surface area contributed by atoms with E-state index in [1.54, 1.807) is 0 Å². The third-order valence-corrected chi connectivity index (χ3v) is 3.40. The van der Waals surface area contributed by atoms with Crippen LogP contribution >= 0.6 is 0 Å². The van der Waals surface area contributed by atoms with Crippen LogP contribution in [0.25, 0.3) is 0 Å². The Morgan fingerprint density at radius 1 is 1.17 bits per heavy atom. The standard InChI is InChI=1S/C14H17F2NO/c15-12-7-6-10(8-13(12)16)14(18)9-17-11-4-2-1-3-5-11/h6-8,11,17H,1-5,9H2. The molecular weight excluding hydrogens is 236 g/mol. The van der Waals surface area contributed by atoms with Crippen LogP contribution in [0.1, 0.15) is 42.5 Å². The third kappa shape index (κ3) is 3.35. The van der Waals surface area contributed by atoms with Crippen molar-refractivity contribution in [3.05, 3.63) is 35.4 Å². The summed E-state index contributed by atoms with van der Waals surface area (Å²) in [5.74, 6) is -2.09. The lowest BCUT2D eigenvalue weighted by Crippen LogP contribution is -2.35. The zero-order chi connectivity index (χ0) is 13.0. The van der Waals surface area contributed by atoms with Gasteiger partial charge in [-0.05, 0) is 31.0 Å². The van der Waals surface area contributed by atoms with E-state index in [-0.39, 0.29) is 17.9 Å². The number of ketones is 1. The first-order chi connectivity index (χ1) is 8.66. The molecule has 2 rings (SSSR count). The summed E-state index contributed by atoms with van der Waals surface area (Å²) < 4.78 is 25.7. The summed E-state index contributed by atoms with van der Waals surface area (Å²) in [6.07, 6.45) is 5.82. The fourth-order valence-electron chi connectivity index (χ4n) is 2.32. The second-order valence-corrected chi connectivity index (χ2v) is 4.77. The lowest BCUT2D eigenvalue weighted by molar-refractivity contribution is 0.0984. The van der Waals surface area contributed by atoms with Crippen molar-refractivity contribution in [2.24, 2.45) is 0 Å². The molecule has 1 fully saturated rings. The van der Waals surface area contributed by atoms with Gasteiger partial charge in [-0.15, -0.1) is 0 Å². The number of benzene rings is 1. The summed E-state index contributed by atoms with van der Waals surface area (Å²) in [7, 11) is 0. The van der Waals surface area contributed by atoms with Gasteiger partial charge in [0.2, 0.25) is 0 Å². The van der Waals surface area contributed by atoms with Crippen LogP contribution in [-0.2, 0) is 0 Å². The van der Waals surface area contributed by atoms with Crippen molar-refractivity contribution >= 4 is 5.78 Å². The Bertz CT molecular complexity index is 428. The molecule has 0 amide bonds. The van der Waals surface area contributed by atoms with Crippen LogP contribution in [0.3, 0.4) is 0 Å². The minimum atomic E-state index is -0.974. The van der Waals surface area contributed by atoms with Crippen molar-refractivity contribution in [2.75, 3.05) is 6.54 Å². The van der Waals surface area contributed by atoms with Crippen LogP contribution in [-0.4, -0.2) is 18.4 Å². The molecule has 0 heterocycles. The monoisotopic (exact) mass is 253 g/mol. The molecule has 1 aromatic carbocycles.